The predicted molar refractivity (Wildman–Crippen MR) is 98.2 cm³/mol. The van der Waals surface area contributed by atoms with Crippen LogP contribution in [0.4, 0.5) is 0 Å². The molecule has 24 heavy (non-hydrogen) atoms. The lowest BCUT2D eigenvalue weighted by Crippen LogP contribution is -1.95. The van der Waals surface area contributed by atoms with Crippen LogP contribution in [-0.4, -0.2) is 21.6 Å². The number of hydrogen-bond donors (Lipinski definition) is 0. The topological polar surface area (TPSA) is 39.9 Å². The van der Waals surface area contributed by atoms with Crippen molar-refractivity contribution in [3.63, 3.8) is 0 Å². The maximum absolute atomic E-state index is 5.47. The first-order valence-corrected chi connectivity index (χ1v) is 8.60. The van der Waals surface area contributed by atoms with Crippen LogP contribution in [0, 0.1) is 13.8 Å². The van der Waals surface area contributed by atoms with Crippen molar-refractivity contribution in [1.82, 2.24) is 14.5 Å². The largest absolute Gasteiger partial charge is 0.494 e. The molecule has 0 aliphatic rings. The number of ether oxygens (including phenoxy) is 1. The van der Waals surface area contributed by atoms with Crippen LogP contribution in [0.1, 0.15) is 11.4 Å². The van der Waals surface area contributed by atoms with E-state index in [1.807, 2.05) is 31.3 Å². The first kappa shape index (κ1) is 14.9. The Balaban J connectivity index is 1.91. The van der Waals surface area contributed by atoms with Gasteiger partial charge in [0.05, 0.1) is 12.8 Å². The van der Waals surface area contributed by atoms with Crippen LogP contribution in [-0.2, 0) is 0 Å². The highest BCUT2D eigenvalue weighted by Crippen LogP contribution is 2.34. The number of aromatic nitrogens is 3. The van der Waals surface area contributed by atoms with Crippen LogP contribution in [0.5, 0.6) is 5.75 Å². The van der Waals surface area contributed by atoms with Crippen LogP contribution in [0.25, 0.3) is 27.3 Å². The van der Waals surface area contributed by atoms with Gasteiger partial charge in [0.1, 0.15) is 11.3 Å². The number of rotatable bonds is 3. The molecule has 4 rings (SSSR count). The lowest BCUT2D eigenvalue weighted by molar-refractivity contribution is 0.419. The maximum Gasteiger partial charge on any atom is 0.194 e. The quantitative estimate of drug-likeness (QED) is 0.541. The van der Waals surface area contributed by atoms with E-state index in [-0.39, 0.29) is 0 Å². The molecule has 4 nitrogen and oxygen atoms in total. The van der Waals surface area contributed by atoms with Gasteiger partial charge in [0.15, 0.2) is 5.13 Å². The molecule has 3 heterocycles. The van der Waals surface area contributed by atoms with Crippen molar-refractivity contribution in [3.8, 4) is 22.1 Å². The van der Waals surface area contributed by atoms with E-state index in [0.29, 0.717) is 0 Å². The van der Waals surface area contributed by atoms with Crippen molar-refractivity contribution in [1.29, 1.82) is 0 Å². The summed E-state index contributed by atoms with van der Waals surface area (Å²) in [7, 11) is 1.67. The molecule has 0 bridgehead atoms. The zero-order valence-corrected chi connectivity index (χ0v) is 14.6. The van der Waals surface area contributed by atoms with Gasteiger partial charge in [-0.3, -0.25) is 4.57 Å². The fraction of sp³-hybridized carbons (Fsp3) is 0.158. The molecule has 0 saturated heterocycles. The minimum atomic E-state index is 0.786. The molecule has 5 heteroatoms. The van der Waals surface area contributed by atoms with Gasteiger partial charge < -0.3 is 4.74 Å². The van der Waals surface area contributed by atoms with Crippen molar-refractivity contribution in [2.75, 3.05) is 7.11 Å². The van der Waals surface area contributed by atoms with Gasteiger partial charge in [0.2, 0.25) is 0 Å². The van der Waals surface area contributed by atoms with Gasteiger partial charge in [-0.15, -0.1) is 11.3 Å². The number of fused-ring (bicyclic) bond motifs is 1. The lowest BCUT2D eigenvalue weighted by Gasteiger charge is -2.09. The van der Waals surface area contributed by atoms with Crippen LogP contribution in [0.2, 0.25) is 0 Å². The maximum atomic E-state index is 5.47. The number of pyridine rings is 1. The Labute approximate surface area is 144 Å². The number of thiazole rings is 1. The standard InChI is InChI=1S/C19H17N3OS/c1-12-10-15(14-7-4-8-17(23-3)18(14)20-12)16-11-24-19(21-16)22-9-5-6-13(22)2/h4-11H,1-3H3. The zero-order chi connectivity index (χ0) is 16.7. The molecular weight excluding hydrogens is 318 g/mol. The highest BCUT2D eigenvalue weighted by atomic mass is 32.1. The summed E-state index contributed by atoms with van der Waals surface area (Å²) in [6.45, 7) is 4.08. The first-order chi connectivity index (χ1) is 11.7. The molecule has 0 spiro atoms. The third kappa shape index (κ3) is 2.37. The van der Waals surface area contributed by atoms with Crippen LogP contribution >= 0.6 is 11.3 Å². The van der Waals surface area contributed by atoms with Gasteiger partial charge in [-0.1, -0.05) is 12.1 Å². The van der Waals surface area contributed by atoms with Crippen molar-refractivity contribution < 1.29 is 4.74 Å². The molecule has 4 aromatic rings. The fourth-order valence-electron chi connectivity index (χ4n) is 2.91. The van der Waals surface area contributed by atoms with Crippen molar-refractivity contribution in [2.24, 2.45) is 0 Å². The second kappa shape index (κ2) is 5.76. The van der Waals surface area contributed by atoms with Crippen LogP contribution in [0.15, 0.2) is 48.0 Å². The average Bonchev–Trinajstić information content (AvgIpc) is 3.22. The average molecular weight is 335 g/mol. The smallest absolute Gasteiger partial charge is 0.194 e. The summed E-state index contributed by atoms with van der Waals surface area (Å²) in [5, 5.41) is 4.13. The Morgan fingerprint density at radius 1 is 1.08 bits per heavy atom. The van der Waals surface area contributed by atoms with Crippen LogP contribution < -0.4 is 4.74 Å². The fourth-order valence-corrected chi connectivity index (χ4v) is 3.77. The summed E-state index contributed by atoms with van der Waals surface area (Å²) in [6.07, 6.45) is 2.04. The second-order valence-electron chi connectivity index (χ2n) is 5.70. The van der Waals surface area contributed by atoms with Gasteiger partial charge >= 0.3 is 0 Å². The van der Waals surface area contributed by atoms with E-state index in [4.69, 9.17) is 9.72 Å². The molecule has 1 aromatic carbocycles. The van der Waals surface area contributed by atoms with E-state index in [1.165, 1.54) is 5.69 Å². The Hall–Kier alpha value is -2.66. The van der Waals surface area contributed by atoms with E-state index in [2.05, 4.69) is 40.1 Å². The molecule has 0 unspecified atom stereocenters. The van der Waals surface area contributed by atoms with E-state index >= 15 is 0 Å². The summed E-state index contributed by atoms with van der Waals surface area (Å²) in [6, 6.07) is 12.2. The second-order valence-corrected chi connectivity index (χ2v) is 6.54. The minimum Gasteiger partial charge on any atom is -0.494 e. The molecule has 3 aromatic heterocycles. The molecule has 0 fully saturated rings. The molecule has 0 N–H and O–H groups in total. The van der Waals surface area contributed by atoms with Crippen LogP contribution in [0.3, 0.4) is 0 Å². The molecule has 0 atom stereocenters. The highest BCUT2D eigenvalue weighted by molar-refractivity contribution is 7.12. The number of benzene rings is 1. The predicted octanol–water partition coefficient (Wildman–Crippen LogP) is 4.77. The summed E-state index contributed by atoms with van der Waals surface area (Å²) < 4.78 is 7.57. The third-order valence-corrected chi connectivity index (χ3v) is 4.92. The summed E-state index contributed by atoms with van der Waals surface area (Å²) in [5.74, 6) is 0.786. The van der Waals surface area contributed by atoms with Gasteiger partial charge in [-0.25, -0.2) is 9.97 Å². The molecule has 0 aliphatic carbocycles. The number of aryl methyl sites for hydroxylation is 2. The van der Waals surface area contributed by atoms with Gasteiger partial charge in [-0.05, 0) is 38.1 Å². The summed E-state index contributed by atoms with van der Waals surface area (Å²) in [5.41, 5.74) is 5.05. The Morgan fingerprint density at radius 3 is 2.71 bits per heavy atom. The number of nitrogens with zero attached hydrogens (tertiary/aromatic N) is 3. The first-order valence-electron chi connectivity index (χ1n) is 7.72. The molecule has 0 amide bonds. The summed E-state index contributed by atoms with van der Waals surface area (Å²) in [4.78, 5) is 9.49. The lowest BCUT2D eigenvalue weighted by atomic mass is 10.1. The summed E-state index contributed by atoms with van der Waals surface area (Å²) >= 11 is 1.64. The normalized spacial score (nSPS) is 11.1. The van der Waals surface area contributed by atoms with E-state index < -0.39 is 0 Å². The molecule has 120 valence electrons. The zero-order valence-electron chi connectivity index (χ0n) is 13.8. The molecule has 0 aliphatic heterocycles. The third-order valence-electron chi connectivity index (χ3n) is 4.08. The van der Waals surface area contributed by atoms with E-state index in [0.717, 1.165) is 38.7 Å². The van der Waals surface area contributed by atoms with Gasteiger partial charge in [0, 0.05) is 33.9 Å². The number of para-hydroxylation sites is 1. The SMILES string of the molecule is COc1cccc2c(-c3csc(-n4cccc4C)n3)cc(C)nc12. The van der Waals surface area contributed by atoms with Gasteiger partial charge in [-0.2, -0.15) is 0 Å². The minimum absolute atomic E-state index is 0.786. The Kier molecular flexibility index (Phi) is 3.58. The van der Waals surface area contributed by atoms with E-state index in [1.54, 1.807) is 18.4 Å². The van der Waals surface area contributed by atoms with Crippen molar-refractivity contribution in [2.45, 2.75) is 13.8 Å². The number of hydrogen-bond acceptors (Lipinski definition) is 4. The van der Waals surface area contributed by atoms with Crippen molar-refractivity contribution in [3.05, 3.63) is 59.4 Å². The monoisotopic (exact) mass is 335 g/mol. The van der Waals surface area contributed by atoms with Gasteiger partial charge in [0.25, 0.3) is 0 Å². The van der Waals surface area contributed by atoms with Crippen molar-refractivity contribution >= 4 is 22.2 Å². The Bertz CT molecular complexity index is 1030. The highest BCUT2D eigenvalue weighted by Gasteiger charge is 2.13. The molecule has 0 saturated carbocycles. The molecular formula is C19H17N3OS. The van der Waals surface area contributed by atoms with E-state index in [9.17, 15) is 0 Å². The molecule has 0 radical (unpaired) electrons. The number of methoxy groups -OCH3 is 1. The Morgan fingerprint density at radius 2 is 1.96 bits per heavy atom.